The van der Waals surface area contributed by atoms with Crippen molar-refractivity contribution in [1.82, 2.24) is 9.38 Å². The maximum absolute atomic E-state index is 13.9. The third-order valence-electron chi connectivity index (χ3n) is 2.75. The number of imidazole rings is 1. The minimum atomic E-state index is -0.406. The number of halogens is 2. The number of aromatic nitrogens is 2. The van der Waals surface area contributed by atoms with Crippen LogP contribution < -0.4 is 0 Å². The maximum atomic E-state index is 13.9. The van der Waals surface area contributed by atoms with Crippen molar-refractivity contribution in [2.75, 3.05) is 7.11 Å². The van der Waals surface area contributed by atoms with E-state index in [0.717, 1.165) is 0 Å². The molecule has 0 amide bonds. The summed E-state index contributed by atoms with van der Waals surface area (Å²) in [6, 6.07) is 4.81. The summed E-state index contributed by atoms with van der Waals surface area (Å²) in [6.45, 7) is 0. The van der Waals surface area contributed by atoms with Gasteiger partial charge in [-0.25, -0.2) is 14.2 Å². The van der Waals surface area contributed by atoms with Gasteiger partial charge in [-0.3, -0.25) is 4.40 Å². The summed E-state index contributed by atoms with van der Waals surface area (Å²) in [4.78, 5) is 16.8. The van der Waals surface area contributed by atoms with Crippen molar-refractivity contribution in [3.63, 3.8) is 0 Å². The van der Waals surface area contributed by atoms with Gasteiger partial charge in [-0.1, -0.05) is 27.3 Å². The van der Waals surface area contributed by atoms with Crippen LogP contribution in [0.4, 0.5) is 4.39 Å². The van der Waals surface area contributed by atoms with Crippen molar-refractivity contribution in [1.29, 1.82) is 0 Å². The van der Waals surface area contributed by atoms with E-state index in [-0.39, 0.29) is 5.82 Å². The molecule has 0 saturated carbocycles. The molecule has 0 atom stereocenters. The van der Waals surface area contributed by atoms with Gasteiger partial charge in [0.2, 0.25) is 0 Å². The lowest BCUT2D eigenvalue weighted by molar-refractivity contribution is 0.0606. The molecule has 0 bridgehead atoms. The molecule has 1 aromatic carbocycles. The summed E-state index contributed by atoms with van der Waals surface area (Å²) in [7, 11) is 1.33. The lowest BCUT2D eigenvalue weighted by Crippen LogP contribution is -1.97. The van der Waals surface area contributed by atoms with Crippen molar-refractivity contribution < 1.29 is 13.9 Å². The number of nitrogens with zero attached hydrogens (tertiary/aromatic N) is 2. The zero-order chi connectivity index (χ0) is 14.3. The van der Waals surface area contributed by atoms with Crippen LogP contribution in [0, 0.1) is 5.82 Å². The molecule has 3 aromatic rings. The van der Waals surface area contributed by atoms with Crippen LogP contribution in [0.5, 0.6) is 0 Å². The summed E-state index contributed by atoms with van der Waals surface area (Å²) in [5, 5.41) is 0. The van der Waals surface area contributed by atoms with Crippen LogP contribution in [0.3, 0.4) is 0 Å². The van der Waals surface area contributed by atoms with Crippen LogP contribution in [0.25, 0.3) is 16.2 Å². The Morgan fingerprint density at radius 1 is 1.45 bits per heavy atom. The first kappa shape index (κ1) is 13.3. The standard InChI is InChI=1S/C13H8BrFN2O2S/c1-19-12(18)11-6-17-5-10(16-13(17)20-11)8-3-2-7(14)4-9(8)15/h2-6H,1H3. The van der Waals surface area contributed by atoms with Gasteiger partial charge in [-0.05, 0) is 18.2 Å². The molecule has 0 spiro atoms. The van der Waals surface area contributed by atoms with E-state index in [4.69, 9.17) is 0 Å². The Balaban J connectivity index is 2.05. The summed E-state index contributed by atoms with van der Waals surface area (Å²) in [5.41, 5.74) is 0.946. The number of ether oxygens (including phenoxy) is 1. The summed E-state index contributed by atoms with van der Waals surface area (Å²) >= 11 is 4.41. The molecular formula is C13H8BrFN2O2S. The van der Waals surface area contributed by atoms with E-state index in [2.05, 4.69) is 25.7 Å². The van der Waals surface area contributed by atoms with Crippen molar-refractivity contribution in [3.05, 3.63) is 45.8 Å². The van der Waals surface area contributed by atoms with Gasteiger partial charge >= 0.3 is 5.97 Å². The average Bonchev–Trinajstić information content (AvgIpc) is 2.95. The third kappa shape index (κ3) is 2.23. The fourth-order valence-electron chi connectivity index (χ4n) is 1.82. The highest BCUT2D eigenvalue weighted by Gasteiger charge is 2.15. The smallest absolute Gasteiger partial charge is 0.349 e. The Kier molecular flexibility index (Phi) is 3.31. The summed E-state index contributed by atoms with van der Waals surface area (Å²) in [5.74, 6) is -0.754. The zero-order valence-corrected chi connectivity index (χ0v) is 12.7. The largest absolute Gasteiger partial charge is 0.465 e. The number of methoxy groups -OCH3 is 1. The molecule has 0 aliphatic heterocycles. The molecule has 20 heavy (non-hydrogen) atoms. The molecule has 0 aliphatic carbocycles. The van der Waals surface area contributed by atoms with Gasteiger partial charge < -0.3 is 4.74 Å². The Morgan fingerprint density at radius 3 is 2.90 bits per heavy atom. The molecule has 4 nitrogen and oxygen atoms in total. The van der Waals surface area contributed by atoms with E-state index in [1.54, 1.807) is 28.9 Å². The van der Waals surface area contributed by atoms with E-state index in [0.29, 0.717) is 25.6 Å². The second-order valence-electron chi connectivity index (χ2n) is 4.03. The lowest BCUT2D eigenvalue weighted by atomic mass is 10.1. The Labute approximate surface area is 126 Å². The fourth-order valence-corrected chi connectivity index (χ4v) is 3.04. The molecule has 0 aliphatic rings. The first-order valence-electron chi connectivity index (χ1n) is 5.61. The minimum Gasteiger partial charge on any atom is -0.465 e. The van der Waals surface area contributed by atoms with Crippen LogP contribution in [0.15, 0.2) is 35.1 Å². The number of carbonyl (C=O) groups is 1. The number of hydrogen-bond acceptors (Lipinski definition) is 4. The summed E-state index contributed by atoms with van der Waals surface area (Å²) < 4.78 is 20.9. The number of benzene rings is 1. The zero-order valence-electron chi connectivity index (χ0n) is 10.3. The Hall–Kier alpha value is -1.73. The number of esters is 1. The van der Waals surface area contributed by atoms with Gasteiger partial charge in [-0.2, -0.15) is 0 Å². The molecule has 0 fully saturated rings. The normalized spacial score (nSPS) is 10.9. The van der Waals surface area contributed by atoms with Gasteiger partial charge in [-0.15, -0.1) is 0 Å². The second-order valence-corrected chi connectivity index (χ2v) is 5.95. The number of hydrogen-bond donors (Lipinski definition) is 0. The number of carbonyl (C=O) groups excluding carboxylic acids is 1. The van der Waals surface area contributed by atoms with Gasteiger partial charge in [0.25, 0.3) is 0 Å². The first-order valence-corrected chi connectivity index (χ1v) is 7.21. The molecule has 0 saturated heterocycles. The van der Waals surface area contributed by atoms with E-state index >= 15 is 0 Å². The summed E-state index contributed by atoms with van der Waals surface area (Å²) in [6.07, 6.45) is 3.31. The van der Waals surface area contributed by atoms with Crippen LogP contribution in [-0.2, 0) is 4.74 Å². The molecule has 2 aromatic heterocycles. The number of rotatable bonds is 2. The SMILES string of the molecule is COC(=O)c1cn2cc(-c3ccc(Br)cc3F)nc2s1. The molecule has 0 radical (unpaired) electrons. The van der Waals surface area contributed by atoms with Gasteiger partial charge in [0, 0.05) is 22.4 Å². The van der Waals surface area contributed by atoms with Crippen LogP contribution in [0.1, 0.15) is 9.67 Å². The Bertz CT molecular complexity index is 780. The van der Waals surface area contributed by atoms with Crippen molar-refractivity contribution >= 4 is 38.2 Å². The number of thiazole rings is 1. The third-order valence-corrected chi connectivity index (χ3v) is 4.22. The van der Waals surface area contributed by atoms with E-state index in [9.17, 15) is 9.18 Å². The minimum absolute atomic E-state index is 0.349. The average molecular weight is 355 g/mol. The van der Waals surface area contributed by atoms with Crippen LogP contribution >= 0.6 is 27.3 Å². The lowest BCUT2D eigenvalue weighted by Gasteiger charge is -1.99. The van der Waals surface area contributed by atoms with Crippen LogP contribution in [-0.4, -0.2) is 22.5 Å². The van der Waals surface area contributed by atoms with Gasteiger partial charge in [0.15, 0.2) is 4.96 Å². The van der Waals surface area contributed by atoms with Crippen LogP contribution in [0.2, 0.25) is 0 Å². The topological polar surface area (TPSA) is 43.6 Å². The van der Waals surface area contributed by atoms with Crippen molar-refractivity contribution in [2.45, 2.75) is 0 Å². The molecule has 3 rings (SSSR count). The van der Waals surface area contributed by atoms with E-state index in [1.165, 1.54) is 24.5 Å². The predicted octanol–water partition coefficient (Wildman–Crippen LogP) is 3.75. The quantitative estimate of drug-likeness (QED) is 0.658. The highest BCUT2D eigenvalue weighted by atomic mass is 79.9. The van der Waals surface area contributed by atoms with Crippen molar-refractivity contribution in [3.8, 4) is 11.3 Å². The monoisotopic (exact) mass is 354 g/mol. The number of fused-ring (bicyclic) bond motifs is 1. The fraction of sp³-hybridized carbons (Fsp3) is 0.0769. The second kappa shape index (κ2) is 4.99. The molecule has 2 heterocycles. The van der Waals surface area contributed by atoms with E-state index in [1.807, 2.05) is 0 Å². The highest BCUT2D eigenvalue weighted by Crippen LogP contribution is 2.27. The van der Waals surface area contributed by atoms with Gasteiger partial charge in [0.1, 0.15) is 10.7 Å². The molecular weight excluding hydrogens is 347 g/mol. The molecule has 0 unspecified atom stereocenters. The van der Waals surface area contributed by atoms with Gasteiger partial charge in [0.05, 0.1) is 12.8 Å². The molecule has 0 N–H and O–H groups in total. The van der Waals surface area contributed by atoms with Crippen molar-refractivity contribution in [2.24, 2.45) is 0 Å². The van der Waals surface area contributed by atoms with E-state index < -0.39 is 5.97 Å². The predicted molar refractivity (Wildman–Crippen MR) is 77.5 cm³/mol. The highest BCUT2D eigenvalue weighted by molar-refractivity contribution is 9.10. The maximum Gasteiger partial charge on any atom is 0.349 e. The first-order chi connectivity index (χ1) is 9.58. The Morgan fingerprint density at radius 2 is 2.25 bits per heavy atom. The molecule has 102 valence electrons. The molecule has 7 heteroatoms.